The Morgan fingerprint density at radius 1 is 1.19 bits per heavy atom. The number of hydrogen-bond acceptors (Lipinski definition) is 3. The Bertz CT molecular complexity index is 355. The van der Waals surface area contributed by atoms with Gasteiger partial charge in [-0.1, -0.05) is 27.7 Å². The van der Waals surface area contributed by atoms with E-state index in [-0.39, 0.29) is 6.10 Å². The number of aryl methyl sites for hydroxylation is 1. The number of nitrogens with two attached hydrogens (primary N) is 1. The molecule has 0 saturated heterocycles. The largest absolute Gasteiger partial charge is 0.473 e. The van der Waals surface area contributed by atoms with E-state index in [2.05, 4.69) is 32.8 Å². The highest BCUT2D eigenvalue weighted by Gasteiger charge is 2.19. The predicted octanol–water partition coefficient (Wildman–Crippen LogP) is 2.55. The zero-order valence-corrected chi connectivity index (χ0v) is 11.1. The van der Waals surface area contributed by atoms with Crippen LogP contribution in [0.4, 0.5) is 5.69 Å². The molecular weight excluding hydrogens is 202 g/mol. The summed E-state index contributed by atoms with van der Waals surface area (Å²) in [7, 11) is 1.87. The second-order valence-electron chi connectivity index (χ2n) is 4.95. The van der Waals surface area contributed by atoms with Gasteiger partial charge in [0.25, 0.3) is 0 Å². The minimum absolute atomic E-state index is 0.137. The quantitative estimate of drug-likeness (QED) is 0.856. The standard InChI is InChI=1S/C12H23N3O/c1-7(2)9(5)16-12-10(13)11(8(3)4)14-15(12)6/h7-9H,13H2,1-6H3. The summed E-state index contributed by atoms with van der Waals surface area (Å²) in [5.41, 5.74) is 7.63. The van der Waals surface area contributed by atoms with Crippen molar-refractivity contribution in [3.8, 4) is 5.88 Å². The molecule has 1 rings (SSSR count). The molecule has 1 atom stereocenters. The van der Waals surface area contributed by atoms with E-state index in [1.165, 1.54) is 0 Å². The summed E-state index contributed by atoms with van der Waals surface area (Å²) in [4.78, 5) is 0. The molecule has 2 N–H and O–H groups in total. The lowest BCUT2D eigenvalue weighted by Gasteiger charge is -2.18. The smallest absolute Gasteiger partial charge is 0.236 e. The van der Waals surface area contributed by atoms with Crippen molar-refractivity contribution in [1.29, 1.82) is 0 Å². The first kappa shape index (κ1) is 12.9. The van der Waals surface area contributed by atoms with Crippen LogP contribution in [0.1, 0.15) is 46.2 Å². The van der Waals surface area contributed by atoms with Crippen molar-refractivity contribution >= 4 is 5.69 Å². The molecular formula is C12H23N3O. The number of ether oxygens (including phenoxy) is 1. The average molecular weight is 225 g/mol. The van der Waals surface area contributed by atoms with Crippen LogP contribution in [0.3, 0.4) is 0 Å². The summed E-state index contributed by atoms with van der Waals surface area (Å²) in [6.07, 6.45) is 0.137. The molecule has 0 aromatic carbocycles. The van der Waals surface area contributed by atoms with Gasteiger partial charge < -0.3 is 10.5 Å². The summed E-state index contributed by atoms with van der Waals surface area (Å²) >= 11 is 0. The van der Waals surface area contributed by atoms with Crippen LogP contribution in [0.5, 0.6) is 5.88 Å². The van der Waals surface area contributed by atoms with E-state index in [9.17, 15) is 0 Å². The number of anilines is 1. The summed E-state index contributed by atoms with van der Waals surface area (Å²) in [5, 5.41) is 4.39. The Morgan fingerprint density at radius 3 is 2.12 bits per heavy atom. The third kappa shape index (κ3) is 2.49. The van der Waals surface area contributed by atoms with Crippen molar-refractivity contribution in [1.82, 2.24) is 9.78 Å². The molecule has 4 nitrogen and oxygen atoms in total. The molecule has 0 aliphatic carbocycles. The van der Waals surface area contributed by atoms with E-state index >= 15 is 0 Å². The normalized spacial score (nSPS) is 13.5. The van der Waals surface area contributed by atoms with Gasteiger partial charge in [0.15, 0.2) is 0 Å². The van der Waals surface area contributed by atoms with Crippen LogP contribution in [0, 0.1) is 5.92 Å². The van der Waals surface area contributed by atoms with Crippen molar-refractivity contribution in [2.45, 2.75) is 46.6 Å². The van der Waals surface area contributed by atoms with E-state index in [4.69, 9.17) is 10.5 Å². The average Bonchev–Trinajstić information content (AvgIpc) is 2.45. The van der Waals surface area contributed by atoms with Crippen LogP contribution in [-0.2, 0) is 7.05 Å². The second-order valence-corrected chi connectivity index (χ2v) is 4.95. The highest BCUT2D eigenvalue weighted by atomic mass is 16.5. The van der Waals surface area contributed by atoms with E-state index in [1.54, 1.807) is 4.68 Å². The number of aromatic nitrogens is 2. The highest BCUT2D eigenvalue weighted by molar-refractivity contribution is 5.54. The highest BCUT2D eigenvalue weighted by Crippen LogP contribution is 2.30. The topological polar surface area (TPSA) is 53.1 Å². The Balaban J connectivity index is 2.96. The molecule has 1 aromatic rings. The fourth-order valence-corrected chi connectivity index (χ4v) is 1.42. The van der Waals surface area contributed by atoms with Gasteiger partial charge >= 0.3 is 0 Å². The predicted molar refractivity (Wildman–Crippen MR) is 66.6 cm³/mol. The van der Waals surface area contributed by atoms with Gasteiger partial charge in [0.2, 0.25) is 5.88 Å². The molecule has 0 aliphatic rings. The maximum absolute atomic E-state index is 6.05. The Hall–Kier alpha value is -1.19. The first-order chi connectivity index (χ1) is 7.34. The lowest BCUT2D eigenvalue weighted by Crippen LogP contribution is -2.20. The molecule has 1 unspecified atom stereocenters. The van der Waals surface area contributed by atoms with E-state index in [0.29, 0.717) is 23.4 Å². The Morgan fingerprint density at radius 2 is 1.75 bits per heavy atom. The molecule has 0 saturated carbocycles. The van der Waals surface area contributed by atoms with Crippen molar-refractivity contribution in [2.24, 2.45) is 13.0 Å². The molecule has 4 heteroatoms. The van der Waals surface area contributed by atoms with Gasteiger partial charge in [-0.15, -0.1) is 0 Å². The molecule has 1 aromatic heterocycles. The van der Waals surface area contributed by atoms with Gasteiger partial charge in [0.1, 0.15) is 5.69 Å². The maximum atomic E-state index is 6.05. The summed E-state index contributed by atoms with van der Waals surface area (Å²) in [6, 6.07) is 0. The molecule has 0 fully saturated rings. The van der Waals surface area contributed by atoms with Gasteiger partial charge in [-0.05, 0) is 18.8 Å². The van der Waals surface area contributed by atoms with Crippen LogP contribution in [0.25, 0.3) is 0 Å². The van der Waals surface area contributed by atoms with Gasteiger partial charge in [0.05, 0.1) is 11.8 Å². The lowest BCUT2D eigenvalue weighted by atomic mass is 10.1. The SMILES string of the molecule is CC(C)c1nn(C)c(OC(C)C(C)C)c1N. The molecule has 1 heterocycles. The van der Waals surface area contributed by atoms with Gasteiger partial charge in [-0.25, -0.2) is 4.68 Å². The molecule has 0 amide bonds. The Labute approximate surface area is 97.8 Å². The van der Waals surface area contributed by atoms with Crippen LogP contribution in [0.2, 0.25) is 0 Å². The second kappa shape index (κ2) is 4.76. The van der Waals surface area contributed by atoms with E-state index < -0.39 is 0 Å². The number of hydrogen-bond donors (Lipinski definition) is 1. The van der Waals surface area contributed by atoms with Crippen LogP contribution in [-0.4, -0.2) is 15.9 Å². The third-order valence-electron chi connectivity index (χ3n) is 2.84. The van der Waals surface area contributed by atoms with Crippen LogP contribution in [0.15, 0.2) is 0 Å². The summed E-state index contributed by atoms with van der Waals surface area (Å²) in [5.74, 6) is 1.46. The third-order valence-corrected chi connectivity index (χ3v) is 2.84. The van der Waals surface area contributed by atoms with Gasteiger partial charge in [-0.2, -0.15) is 5.10 Å². The number of rotatable bonds is 4. The first-order valence-electron chi connectivity index (χ1n) is 5.83. The minimum Gasteiger partial charge on any atom is -0.473 e. The molecule has 92 valence electrons. The van der Waals surface area contributed by atoms with E-state index in [1.807, 2.05) is 14.0 Å². The Kier molecular flexibility index (Phi) is 3.83. The van der Waals surface area contributed by atoms with Crippen LogP contribution >= 0.6 is 0 Å². The van der Waals surface area contributed by atoms with E-state index in [0.717, 1.165) is 5.69 Å². The molecule has 0 bridgehead atoms. The van der Waals surface area contributed by atoms with Crippen molar-refractivity contribution < 1.29 is 4.74 Å². The van der Waals surface area contributed by atoms with Crippen molar-refractivity contribution in [3.63, 3.8) is 0 Å². The zero-order valence-electron chi connectivity index (χ0n) is 11.1. The monoisotopic (exact) mass is 225 g/mol. The van der Waals surface area contributed by atoms with Crippen LogP contribution < -0.4 is 10.5 Å². The molecule has 0 aliphatic heterocycles. The minimum atomic E-state index is 0.137. The molecule has 16 heavy (non-hydrogen) atoms. The van der Waals surface area contributed by atoms with Crippen molar-refractivity contribution in [2.75, 3.05) is 5.73 Å². The molecule has 0 spiro atoms. The number of nitrogens with zero attached hydrogens (tertiary/aromatic N) is 2. The van der Waals surface area contributed by atoms with Gasteiger partial charge in [0, 0.05) is 7.05 Å². The summed E-state index contributed by atoms with van der Waals surface area (Å²) < 4.78 is 7.57. The van der Waals surface area contributed by atoms with Crippen molar-refractivity contribution in [3.05, 3.63) is 5.69 Å². The van der Waals surface area contributed by atoms with Gasteiger partial charge in [-0.3, -0.25) is 0 Å². The molecule has 0 radical (unpaired) electrons. The first-order valence-corrected chi connectivity index (χ1v) is 5.83. The number of nitrogen functional groups attached to an aromatic ring is 1. The fraction of sp³-hybridized carbons (Fsp3) is 0.750. The fourth-order valence-electron chi connectivity index (χ4n) is 1.42. The zero-order chi connectivity index (χ0) is 12.5. The maximum Gasteiger partial charge on any atom is 0.236 e. The lowest BCUT2D eigenvalue weighted by molar-refractivity contribution is 0.157. The summed E-state index contributed by atoms with van der Waals surface area (Å²) in [6.45, 7) is 10.5.